The zero-order chi connectivity index (χ0) is 9.52. The Hall–Kier alpha value is 0.480. The molecule has 13 heavy (non-hydrogen) atoms. The van der Waals surface area contributed by atoms with Crippen LogP contribution in [0.3, 0.4) is 0 Å². The Balaban J connectivity index is 2.22. The van der Waals surface area contributed by atoms with Crippen LogP contribution in [0, 0.1) is 5.92 Å². The topological polar surface area (TPSA) is 0 Å². The molecule has 0 saturated heterocycles. The molecule has 0 aromatic carbocycles. The molecule has 0 radical (unpaired) electrons. The Morgan fingerprint density at radius 3 is 1.92 bits per heavy atom. The van der Waals surface area contributed by atoms with Gasteiger partial charge in [0.2, 0.25) is 0 Å². The monoisotopic (exact) mass is 246 g/mol. The minimum atomic E-state index is 0.806. The highest BCUT2D eigenvalue weighted by atomic mass is 79.9. The van der Waals surface area contributed by atoms with Crippen molar-refractivity contribution in [2.24, 2.45) is 5.92 Å². The van der Waals surface area contributed by atoms with Gasteiger partial charge in [0, 0.05) is 4.83 Å². The Morgan fingerprint density at radius 2 is 1.23 bits per heavy atom. The van der Waals surface area contributed by atoms with Crippen LogP contribution in [0.2, 0.25) is 0 Å². The fourth-order valence-corrected chi connectivity index (χ4v) is 2.83. The van der Waals surface area contributed by atoms with Crippen LogP contribution in [0.5, 0.6) is 0 Å². The molecule has 1 aliphatic carbocycles. The van der Waals surface area contributed by atoms with Crippen molar-refractivity contribution in [3.8, 4) is 0 Å². The molecular formula is C12H23Br. The third-order valence-corrected chi connectivity index (χ3v) is 4.09. The van der Waals surface area contributed by atoms with E-state index in [4.69, 9.17) is 0 Å². The first-order valence-corrected chi connectivity index (χ1v) is 6.84. The Labute approximate surface area is 91.6 Å². The molecule has 1 aliphatic rings. The summed E-state index contributed by atoms with van der Waals surface area (Å²) in [5.41, 5.74) is 0. The fraction of sp³-hybridized carbons (Fsp3) is 1.00. The van der Waals surface area contributed by atoms with Crippen LogP contribution in [0.15, 0.2) is 0 Å². The van der Waals surface area contributed by atoms with Gasteiger partial charge in [-0.15, -0.1) is 0 Å². The second kappa shape index (κ2) is 6.86. The van der Waals surface area contributed by atoms with Crippen LogP contribution in [-0.4, -0.2) is 4.83 Å². The van der Waals surface area contributed by atoms with Gasteiger partial charge in [0.15, 0.2) is 0 Å². The summed E-state index contributed by atoms with van der Waals surface area (Å²) in [5, 5.41) is 0. The second-order valence-electron chi connectivity index (χ2n) is 4.62. The molecule has 1 heteroatoms. The molecule has 1 fully saturated rings. The van der Waals surface area contributed by atoms with E-state index >= 15 is 0 Å². The predicted octanol–water partition coefficient (Wildman–Crippen LogP) is 4.91. The quantitative estimate of drug-likeness (QED) is 0.533. The van der Waals surface area contributed by atoms with Crippen LogP contribution in [0.25, 0.3) is 0 Å². The van der Waals surface area contributed by atoms with Crippen LogP contribution in [0.4, 0.5) is 0 Å². The van der Waals surface area contributed by atoms with Gasteiger partial charge < -0.3 is 0 Å². The van der Waals surface area contributed by atoms with E-state index in [0.717, 1.165) is 10.7 Å². The van der Waals surface area contributed by atoms with Gasteiger partial charge >= 0.3 is 0 Å². The summed E-state index contributed by atoms with van der Waals surface area (Å²) in [5.74, 6) is 0.979. The molecule has 0 aliphatic heterocycles. The van der Waals surface area contributed by atoms with E-state index in [1.807, 2.05) is 0 Å². The first kappa shape index (κ1) is 11.6. The van der Waals surface area contributed by atoms with Crippen LogP contribution >= 0.6 is 15.9 Å². The first-order valence-electron chi connectivity index (χ1n) is 5.93. The van der Waals surface area contributed by atoms with E-state index in [-0.39, 0.29) is 0 Å². The number of rotatable bonds is 0. The molecular weight excluding hydrogens is 224 g/mol. The van der Waals surface area contributed by atoms with Crippen molar-refractivity contribution >= 4 is 15.9 Å². The van der Waals surface area contributed by atoms with Crippen LogP contribution in [0.1, 0.15) is 64.7 Å². The molecule has 0 amide bonds. The molecule has 78 valence electrons. The summed E-state index contributed by atoms with van der Waals surface area (Å²) in [6, 6.07) is 0. The lowest BCUT2D eigenvalue weighted by Crippen LogP contribution is -1.97. The minimum absolute atomic E-state index is 0.806. The van der Waals surface area contributed by atoms with Crippen molar-refractivity contribution < 1.29 is 0 Å². The summed E-state index contributed by atoms with van der Waals surface area (Å²) < 4.78 is 0. The maximum absolute atomic E-state index is 3.77. The van der Waals surface area contributed by atoms with Gasteiger partial charge in [-0.2, -0.15) is 0 Å². The van der Waals surface area contributed by atoms with E-state index < -0.39 is 0 Å². The molecule has 0 N–H and O–H groups in total. The van der Waals surface area contributed by atoms with Crippen LogP contribution < -0.4 is 0 Å². The van der Waals surface area contributed by atoms with Gasteiger partial charge in [-0.05, 0) is 18.8 Å². The normalized spacial score (nSPS) is 33.7. The molecule has 0 aromatic rings. The summed E-state index contributed by atoms with van der Waals surface area (Å²) in [6.45, 7) is 2.42. The van der Waals surface area contributed by atoms with Crippen LogP contribution in [-0.2, 0) is 0 Å². The van der Waals surface area contributed by atoms with E-state index in [0.29, 0.717) is 0 Å². The third-order valence-electron chi connectivity index (χ3n) is 3.18. The van der Waals surface area contributed by atoms with E-state index in [1.165, 1.54) is 57.8 Å². The smallest absolute Gasteiger partial charge is 0.0145 e. The average molecular weight is 247 g/mol. The second-order valence-corrected chi connectivity index (χ2v) is 5.92. The Kier molecular flexibility index (Phi) is 6.10. The lowest BCUT2D eigenvalue weighted by Gasteiger charge is -2.09. The van der Waals surface area contributed by atoms with Gasteiger partial charge in [0.05, 0.1) is 0 Å². The summed E-state index contributed by atoms with van der Waals surface area (Å²) in [4.78, 5) is 0.806. The number of alkyl halides is 1. The van der Waals surface area contributed by atoms with Crippen molar-refractivity contribution in [3.05, 3.63) is 0 Å². The standard InChI is InChI=1S/C12H23Br/c1-11-7-3-2-4-9-12(13)10-6-5-8-11/h11-12H,2-10H2,1H3. The lowest BCUT2D eigenvalue weighted by molar-refractivity contribution is 0.447. The van der Waals surface area contributed by atoms with Crippen molar-refractivity contribution in [2.45, 2.75) is 69.5 Å². The zero-order valence-electron chi connectivity index (χ0n) is 8.90. The highest BCUT2D eigenvalue weighted by Crippen LogP contribution is 2.23. The molecule has 1 saturated carbocycles. The summed E-state index contributed by atoms with van der Waals surface area (Å²) in [7, 11) is 0. The molecule has 2 unspecified atom stereocenters. The number of halogens is 1. The molecule has 0 heterocycles. The molecule has 1 rings (SSSR count). The van der Waals surface area contributed by atoms with Gasteiger partial charge in [-0.1, -0.05) is 67.8 Å². The van der Waals surface area contributed by atoms with E-state index in [1.54, 1.807) is 0 Å². The molecule has 0 aromatic heterocycles. The van der Waals surface area contributed by atoms with Crippen molar-refractivity contribution in [3.63, 3.8) is 0 Å². The molecule has 2 atom stereocenters. The number of hydrogen-bond acceptors (Lipinski definition) is 0. The average Bonchev–Trinajstić information content (AvgIpc) is 2.14. The summed E-state index contributed by atoms with van der Waals surface area (Å²) in [6.07, 6.45) is 12.9. The van der Waals surface area contributed by atoms with E-state index in [2.05, 4.69) is 22.9 Å². The Morgan fingerprint density at radius 1 is 0.769 bits per heavy atom. The highest BCUT2D eigenvalue weighted by Gasteiger charge is 2.08. The maximum Gasteiger partial charge on any atom is 0.0145 e. The molecule has 0 bridgehead atoms. The Bertz CT molecular complexity index is 108. The highest BCUT2D eigenvalue weighted by molar-refractivity contribution is 9.09. The maximum atomic E-state index is 3.77. The van der Waals surface area contributed by atoms with E-state index in [9.17, 15) is 0 Å². The fourth-order valence-electron chi connectivity index (χ4n) is 2.18. The van der Waals surface area contributed by atoms with Crippen molar-refractivity contribution in [2.75, 3.05) is 0 Å². The largest absolute Gasteiger partial charge is 0.0891 e. The van der Waals surface area contributed by atoms with Gasteiger partial charge in [-0.3, -0.25) is 0 Å². The van der Waals surface area contributed by atoms with Gasteiger partial charge in [-0.25, -0.2) is 0 Å². The predicted molar refractivity (Wildman–Crippen MR) is 63.4 cm³/mol. The third kappa shape index (κ3) is 5.72. The molecule has 0 spiro atoms. The zero-order valence-corrected chi connectivity index (χ0v) is 10.5. The van der Waals surface area contributed by atoms with Gasteiger partial charge in [0.25, 0.3) is 0 Å². The summed E-state index contributed by atoms with van der Waals surface area (Å²) >= 11 is 3.77. The molecule has 0 nitrogen and oxygen atoms in total. The SMILES string of the molecule is CC1CCCCCC(Br)CCCC1. The minimum Gasteiger partial charge on any atom is -0.0891 e. The van der Waals surface area contributed by atoms with Crippen molar-refractivity contribution in [1.82, 2.24) is 0 Å². The lowest BCUT2D eigenvalue weighted by atomic mass is 9.98. The van der Waals surface area contributed by atoms with Crippen molar-refractivity contribution in [1.29, 1.82) is 0 Å². The first-order chi connectivity index (χ1) is 6.29. The number of hydrogen-bond donors (Lipinski definition) is 0. The van der Waals surface area contributed by atoms with Gasteiger partial charge in [0.1, 0.15) is 0 Å².